The molecule has 3 rings (SSSR count). The maximum atomic E-state index is 12.7. The lowest BCUT2D eigenvalue weighted by Gasteiger charge is -2.29. The third-order valence-corrected chi connectivity index (χ3v) is 5.46. The predicted octanol–water partition coefficient (Wildman–Crippen LogP) is 3.29. The summed E-state index contributed by atoms with van der Waals surface area (Å²) in [5, 5.41) is 2.73. The first-order valence-electron chi connectivity index (χ1n) is 8.61. The van der Waals surface area contributed by atoms with E-state index < -0.39 is 5.25 Å². The van der Waals surface area contributed by atoms with Crippen LogP contribution in [0.15, 0.2) is 53.5 Å². The van der Waals surface area contributed by atoms with E-state index in [1.54, 1.807) is 57.7 Å². The summed E-state index contributed by atoms with van der Waals surface area (Å²) in [6.07, 6.45) is 0.101. The van der Waals surface area contributed by atoms with Gasteiger partial charge in [0, 0.05) is 13.5 Å². The monoisotopic (exact) mass is 399 g/mol. The molecule has 0 bridgehead atoms. The van der Waals surface area contributed by atoms with Gasteiger partial charge in [-0.15, -0.1) is 0 Å². The molecular formula is C20H21N3O4S. The molecule has 2 aromatic carbocycles. The zero-order valence-corrected chi connectivity index (χ0v) is 16.7. The number of rotatable bonds is 5. The van der Waals surface area contributed by atoms with Gasteiger partial charge >= 0.3 is 0 Å². The van der Waals surface area contributed by atoms with Crippen LogP contribution in [0.1, 0.15) is 6.42 Å². The molecule has 1 aliphatic rings. The molecule has 1 N–H and O–H groups in total. The highest BCUT2D eigenvalue weighted by molar-refractivity contribution is 8.15. The zero-order chi connectivity index (χ0) is 20.1. The fraction of sp³-hybridized carbons (Fsp3) is 0.250. The zero-order valence-electron chi connectivity index (χ0n) is 15.8. The lowest BCUT2D eigenvalue weighted by molar-refractivity contribution is -0.128. The average molecular weight is 399 g/mol. The molecule has 2 amide bonds. The van der Waals surface area contributed by atoms with Crippen molar-refractivity contribution >= 4 is 40.1 Å². The Bertz CT molecular complexity index is 899. The Morgan fingerprint density at radius 3 is 2.54 bits per heavy atom. The number of hydrogen-bond acceptors (Lipinski definition) is 6. The van der Waals surface area contributed by atoms with Crippen LogP contribution in [-0.4, -0.2) is 48.4 Å². The molecule has 0 spiro atoms. The third-order valence-electron chi connectivity index (χ3n) is 4.22. The second kappa shape index (κ2) is 8.79. The molecule has 0 saturated carbocycles. The Morgan fingerprint density at radius 1 is 1.14 bits per heavy atom. The normalized spacial score (nSPS) is 18.1. The van der Waals surface area contributed by atoms with Gasteiger partial charge in [0.2, 0.25) is 11.8 Å². The van der Waals surface area contributed by atoms with Crippen molar-refractivity contribution in [2.45, 2.75) is 11.7 Å². The first kappa shape index (κ1) is 19.8. The van der Waals surface area contributed by atoms with Gasteiger partial charge in [0.25, 0.3) is 0 Å². The van der Waals surface area contributed by atoms with Gasteiger partial charge in [0.05, 0.1) is 25.6 Å². The van der Waals surface area contributed by atoms with Crippen LogP contribution < -0.4 is 14.8 Å². The van der Waals surface area contributed by atoms with E-state index in [1.807, 2.05) is 12.1 Å². The minimum atomic E-state index is -0.578. The van der Waals surface area contributed by atoms with Crippen LogP contribution in [0, 0.1) is 0 Å². The number of amidine groups is 1. The number of amides is 2. The molecule has 28 heavy (non-hydrogen) atoms. The summed E-state index contributed by atoms with van der Waals surface area (Å²) in [4.78, 5) is 31.1. The molecule has 1 atom stereocenters. The maximum absolute atomic E-state index is 12.7. The summed E-state index contributed by atoms with van der Waals surface area (Å²) in [7, 11) is 4.79. The van der Waals surface area contributed by atoms with Crippen molar-refractivity contribution in [1.82, 2.24) is 4.90 Å². The van der Waals surface area contributed by atoms with E-state index in [2.05, 4.69) is 10.3 Å². The molecule has 1 aliphatic heterocycles. The highest BCUT2D eigenvalue weighted by atomic mass is 32.2. The second-order valence-electron chi connectivity index (χ2n) is 6.05. The summed E-state index contributed by atoms with van der Waals surface area (Å²) >= 11 is 1.26. The molecule has 1 saturated heterocycles. The maximum Gasteiger partial charge on any atom is 0.238 e. The Morgan fingerprint density at radius 2 is 1.86 bits per heavy atom. The summed E-state index contributed by atoms with van der Waals surface area (Å²) in [5.74, 6) is 0.857. The Kier molecular flexibility index (Phi) is 6.20. The number of anilines is 1. The van der Waals surface area contributed by atoms with E-state index in [0.717, 1.165) is 5.75 Å². The van der Waals surface area contributed by atoms with Gasteiger partial charge < -0.3 is 14.8 Å². The molecule has 1 unspecified atom stereocenters. The topological polar surface area (TPSA) is 80.2 Å². The molecule has 7 nitrogen and oxygen atoms in total. The van der Waals surface area contributed by atoms with E-state index in [-0.39, 0.29) is 18.2 Å². The first-order chi connectivity index (χ1) is 13.5. The number of nitrogens with zero attached hydrogens (tertiary/aromatic N) is 2. The van der Waals surface area contributed by atoms with Gasteiger partial charge in [-0.25, -0.2) is 4.99 Å². The van der Waals surface area contributed by atoms with Crippen LogP contribution in [-0.2, 0) is 9.59 Å². The Balaban J connectivity index is 1.78. The molecule has 8 heteroatoms. The highest BCUT2D eigenvalue weighted by Crippen LogP contribution is 2.31. The number of methoxy groups -OCH3 is 2. The number of benzene rings is 2. The molecule has 1 heterocycles. The van der Waals surface area contributed by atoms with E-state index >= 15 is 0 Å². The minimum absolute atomic E-state index is 0.101. The molecular weight excluding hydrogens is 378 g/mol. The van der Waals surface area contributed by atoms with Crippen molar-refractivity contribution in [2.24, 2.45) is 4.99 Å². The number of carbonyl (C=O) groups is 2. The Labute approximate surface area is 167 Å². The number of hydrogen-bond donors (Lipinski definition) is 1. The molecule has 0 aromatic heterocycles. The van der Waals surface area contributed by atoms with Gasteiger partial charge in [0.15, 0.2) is 5.17 Å². The van der Waals surface area contributed by atoms with Gasteiger partial charge in [0.1, 0.15) is 16.7 Å². The van der Waals surface area contributed by atoms with Crippen LogP contribution in [0.4, 0.5) is 11.4 Å². The van der Waals surface area contributed by atoms with Crippen molar-refractivity contribution in [3.05, 3.63) is 48.5 Å². The lowest BCUT2D eigenvalue weighted by Crippen LogP contribution is -2.43. The smallest absolute Gasteiger partial charge is 0.238 e. The van der Waals surface area contributed by atoms with Crippen molar-refractivity contribution in [3.8, 4) is 11.5 Å². The highest BCUT2D eigenvalue weighted by Gasteiger charge is 2.34. The minimum Gasteiger partial charge on any atom is -0.497 e. The Hall–Kier alpha value is -3.00. The third kappa shape index (κ3) is 4.45. The van der Waals surface area contributed by atoms with Crippen LogP contribution in [0.3, 0.4) is 0 Å². The number of nitrogens with one attached hydrogen (secondary N) is 1. The molecule has 0 radical (unpaired) electrons. The van der Waals surface area contributed by atoms with Gasteiger partial charge in [-0.2, -0.15) is 0 Å². The van der Waals surface area contributed by atoms with Crippen molar-refractivity contribution in [3.63, 3.8) is 0 Å². The molecule has 0 aliphatic carbocycles. The standard InChI is InChI=1S/C20H21N3O4S/c1-23-18(24)12-17(19(25)22-15-6-4-5-7-16(15)27-3)28-20(23)21-13-8-10-14(26-2)11-9-13/h4-11,17H,12H2,1-3H3,(H,22,25). The van der Waals surface area contributed by atoms with E-state index in [9.17, 15) is 9.59 Å². The van der Waals surface area contributed by atoms with Gasteiger partial charge in [-0.05, 0) is 36.4 Å². The fourth-order valence-corrected chi connectivity index (χ4v) is 3.69. The summed E-state index contributed by atoms with van der Waals surface area (Å²) in [6, 6.07) is 14.3. The second-order valence-corrected chi connectivity index (χ2v) is 7.22. The van der Waals surface area contributed by atoms with Crippen LogP contribution in [0.25, 0.3) is 0 Å². The number of para-hydroxylation sites is 2. The molecule has 2 aromatic rings. The fourth-order valence-electron chi connectivity index (χ4n) is 2.63. The lowest BCUT2D eigenvalue weighted by atomic mass is 10.2. The first-order valence-corrected chi connectivity index (χ1v) is 9.49. The number of aliphatic imine (C=N–C) groups is 1. The molecule has 146 valence electrons. The van der Waals surface area contributed by atoms with Crippen molar-refractivity contribution < 1.29 is 19.1 Å². The van der Waals surface area contributed by atoms with Crippen LogP contribution in [0.5, 0.6) is 11.5 Å². The van der Waals surface area contributed by atoms with Crippen molar-refractivity contribution in [1.29, 1.82) is 0 Å². The number of thioether (sulfide) groups is 1. The average Bonchev–Trinajstić information content (AvgIpc) is 2.72. The van der Waals surface area contributed by atoms with E-state index in [0.29, 0.717) is 22.3 Å². The van der Waals surface area contributed by atoms with E-state index in [1.165, 1.54) is 16.7 Å². The van der Waals surface area contributed by atoms with Crippen LogP contribution >= 0.6 is 11.8 Å². The summed E-state index contributed by atoms with van der Waals surface area (Å²) in [5.41, 5.74) is 1.24. The van der Waals surface area contributed by atoms with E-state index in [4.69, 9.17) is 9.47 Å². The van der Waals surface area contributed by atoms with Gasteiger partial charge in [-0.3, -0.25) is 14.5 Å². The number of carbonyl (C=O) groups excluding carboxylic acids is 2. The summed E-state index contributed by atoms with van der Waals surface area (Å²) < 4.78 is 10.4. The molecule has 1 fully saturated rings. The predicted molar refractivity (Wildman–Crippen MR) is 110 cm³/mol. The number of ether oxygens (including phenoxy) is 2. The quantitative estimate of drug-likeness (QED) is 0.835. The van der Waals surface area contributed by atoms with Gasteiger partial charge in [-0.1, -0.05) is 23.9 Å². The van der Waals surface area contributed by atoms with Crippen molar-refractivity contribution in [2.75, 3.05) is 26.6 Å². The largest absolute Gasteiger partial charge is 0.497 e. The summed E-state index contributed by atoms with van der Waals surface area (Å²) in [6.45, 7) is 0. The van der Waals surface area contributed by atoms with Crippen LogP contribution in [0.2, 0.25) is 0 Å². The SMILES string of the molecule is COc1ccc(N=C2SC(C(=O)Nc3ccccc3OC)CC(=O)N2C)cc1.